The summed E-state index contributed by atoms with van der Waals surface area (Å²) in [5.41, 5.74) is 0. The van der Waals surface area contributed by atoms with E-state index in [-0.39, 0.29) is 5.75 Å². The summed E-state index contributed by atoms with van der Waals surface area (Å²) in [7, 11) is 0. The molecule has 2 aliphatic carbocycles. The van der Waals surface area contributed by atoms with Crippen LogP contribution in [0.2, 0.25) is 0 Å². The molecule has 2 aliphatic rings. The molecule has 0 radical (unpaired) electrons. The molecule has 4 rings (SSSR count). The van der Waals surface area contributed by atoms with Crippen LogP contribution in [-0.4, -0.2) is 37.9 Å². The third-order valence-corrected chi connectivity index (χ3v) is 6.26. The van der Waals surface area contributed by atoms with Gasteiger partial charge in [0, 0.05) is 11.8 Å². The Bertz CT molecular complexity index is 838. The van der Waals surface area contributed by atoms with E-state index in [0.29, 0.717) is 28.7 Å². The Morgan fingerprint density at radius 3 is 2.85 bits per heavy atom. The molecule has 0 unspecified atom stereocenters. The summed E-state index contributed by atoms with van der Waals surface area (Å²) in [4.78, 5) is 10.9. The normalized spacial score (nSPS) is 23.1. The smallest absolute Gasteiger partial charge is 0.313 e. The molecular formula is C19H24N4O3S. The van der Waals surface area contributed by atoms with Crippen molar-refractivity contribution in [3.63, 3.8) is 0 Å². The highest BCUT2D eigenvalue weighted by atomic mass is 32.2. The van der Waals surface area contributed by atoms with Crippen molar-refractivity contribution in [2.24, 2.45) is 11.0 Å². The van der Waals surface area contributed by atoms with Gasteiger partial charge in [-0.3, -0.25) is 4.79 Å². The van der Waals surface area contributed by atoms with Crippen LogP contribution in [0.15, 0.2) is 26.8 Å². The third kappa shape index (κ3) is 4.26. The maximum absolute atomic E-state index is 10.9. The van der Waals surface area contributed by atoms with E-state index in [2.05, 4.69) is 22.2 Å². The Labute approximate surface area is 162 Å². The lowest BCUT2D eigenvalue weighted by atomic mass is 9.89. The van der Waals surface area contributed by atoms with Crippen molar-refractivity contribution in [1.82, 2.24) is 14.9 Å². The number of carboxylic acid groups (broad SMARTS) is 1. The number of nitrogens with zero attached hydrogens (tertiary/aromatic N) is 4. The maximum Gasteiger partial charge on any atom is 0.313 e. The van der Waals surface area contributed by atoms with Crippen LogP contribution in [0.25, 0.3) is 0 Å². The van der Waals surface area contributed by atoms with Crippen LogP contribution in [0.3, 0.4) is 0 Å². The predicted octanol–water partition coefficient (Wildman–Crippen LogP) is 4.10. The van der Waals surface area contributed by atoms with Crippen molar-refractivity contribution in [2.75, 3.05) is 5.75 Å². The Hall–Kier alpha value is -2.09. The van der Waals surface area contributed by atoms with Crippen molar-refractivity contribution in [3.05, 3.63) is 29.5 Å². The number of carboxylic acids is 1. The number of carbonyl (C=O) groups is 1. The quantitative estimate of drug-likeness (QED) is 0.567. The molecule has 0 aliphatic heterocycles. The van der Waals surface area contributed by atoms with E-state index in [1.807, 2.05) is 12.1 Å². The lowest BCUT2D eigenvalue weighted by Crippen LogP contribution is -2.11. The molecule has 7 nitrogen and oxygen atoms in total. The van der Waals surface area contributed by atoms with Gasteiger partial charge in [0.05, 0.1) is 12.0 Å². The molecule has 2 heterocycles. The van der Waals surface area contributed by atoms with Crippen LogP contribution < -0.4 is 0 Å². The average Bonchev–Trinajstić information content (AvgIpc) is 3.08. The highest BCUT2D eigenvalue weighted by Crippen LogP contribution is 2.47. The van der Waals surface area contributed by atoms with E-state index in [0.717, 1.165) is 36.2 Å². The van der Waals surface area contributed by atoms with Gasteiger partial charge in [-0.2, -0.15) is 9.78 Å². The molecule has 144 valence electrons. The summed E-state index contributed by atoms with van der Waals surface area (Å²) in [6.45, 7) is 2.22. The van der Waals surface area contributed by atoms with Crippen LogP contribution in [0.5, 0.6) is 0 Å². The third-order valence-electron chi connectivity index (χ3n) is 5.35. The number of thioether (sulfide) groups is 1. The molecule has 27 heavy (non-hydrogen) atoms. The van der Waals surface area contributed by atoms with Crippen LogP contribution >= 0.6 is 11.8 Å². The average molecular weight is 388 g/mol. The molecule has 0 bridgehead atoms. The molecule has 0 saturated heterocycles. The van der Waals surface area contributed by atoms with Gasteiger partial charge in [0.15, 0.2) is 5.82 Å². The number of aliphatic carboxylic acids is 1. The number of rotatable bonds is 7. The first kappa shape index (κ1) is 18.3. The van der Waals surface area contributed by atoms with Gasteiger partial charge in [-0.1, -0.05) is 37.9 Å². The van der Waals surface area contributed by atoms with E-state index in [4.69, 9.17) is 9.52 Å². The van der Waals surface area contributed by atoms with Gasteiger partial charge in [0.25, 0.3) is 0 Å². The maximum atomic E-state index is 10.9. The van der Waals surface area contributed by atoms with Gasteiger partial charge in [-0.05, 0) is 37.3 Å². The standard InChI is InChI=1S/C19H24N4O3S/c1-12-9-15(12)16-8-7-14(26-16)10-20-23-18(13-5-3-2-4-6-13)21-22-19(23)27-11-17(24)25/h7-8,10,12-13,15H,2-6,9,11H2,1H3,(H,24,25)/b20-10-/t12-,15+/m1/s1. The molecule has 1 N–H and O–H groups in total. The van der Waals surface area contributed by atoms with Crippen LogP contribution in [0, 0.1) is 5.92 Å². The van der Waals surface area contributed by atoms with E-state index in [1.54, 1.807) is 10.9 Å². The van der Waals surface area contributed by atoms with Crippen molar-refractivity contribution < 1.29 is 14.3 Å². The number of hydrogen-bond acceptors (Lipinski definition) is 6. The van der Waals surface area contributed by atoms with Crippen LogP contribution in [0.1, 0.15) is 74.6 Å². The first-order chi connectivity index (χ1) is 13.1. The molecule has 2 fully saturated rings. The highest BCUT2D eigenvalue weighted by molar-refractivity contribution is 7.99. The highest BCUT2D eigenvalue weighted by Gasteiger charge is 2.36. The molecule has 0 aromatic carbocycles. The zero-order valence-electron chi connectivity index (χ0n) is 15.4. The van der Waals surface area contributed by atoms with E-state index < -0.39 is 5.97 Å². The van der Waals surface area contributed by atoms with Gasteiger partial charge in [-0.25, -0.2) is 0 Å². The fourth-order valence-corrected chi connectivity index (χ4v) is 4.30. The first-order valence-corrected chi connectivity index (χ1v) is 10.5. The Kier molecular flexibility index (Phi) is 5.33. The molecule has 0 spiro atoms. The fourth-order valence-electron chi connectivity index (χ4n) is 3.69. The van der Waals surface area contributed by atoms with Crippen molar-refractivity contribution in [2.45, 2.75) is 62.4 Å². The fraction of sp³-hybridized carbons (Fsp3) is 0.579. The van der Waals surface area contributed by atoms with Gasteiger partial charge < -0.3 is 9.52 Å². The zero-order valence-corrected chi connectivity index (χ0v) is 16.2. The van der Waals surface area contributed by atoms with E-state index in [1.165, 1.54) is 25.7 Å². The summed E-state index contributed by atoms with van der Waals surface area (Å²) in [5, 5.41) is 22.6. The topological polar surface area (TPSA) is 93.5 Å². The van der Waals surface area contributed by atoms with Crippen LogP contribution in [-0.2, 0) is 4.79 Å². The molecule has 2 aromatic rings. The number of furan rings is 1. The predicted molar refractivity (Wildman–Crippen MR) is 102 cm³/mol. The monoisotopic (exact) mass is 388 g/mol. The lowest BCUT2D eigenvalue weighted by molar-refractivity contribution is -0.133. The molecule has 0 amide bonds. The van der Waals surface area contributed by atoms with Gasteiger partial charge >= 0.3 is 5.97 Å². The van der Waals surface area contributed by atoms with Gasteiger partial charge in [-0.15, -0.1) is 10.2 Å². The SMILES string of the molecule is C[C@@H]1C[C@@H]1c1ccc(/C=N\n2c(SCC(=O)O)nnc2C2CCCCC2)o1. The molecule has 8 heteroatoms. The minimum absolute atomic E-state index is 0.0667. The molecule has 2 atom stereocenters. The van der Waals surface area contributed by atoms with E-state index in [9.17, 15) is 4.79 Å². The minimum Gasteiger partial charge on any atom is -0.481 e. The van der Waals surface area contributed by atoms with Crippen molar-refractivity contribution in [3.8, 4) is 0 Å². The molecular weight excluding hydrogens is 364 g/mol. The first-order valence-electron chi connectivity index (χ1n) is 9.56. The van der Waals surface area contributed by atoms with Crippen LogP contribution in [0.4, 0.5) is 0 Å². The number of hydrogen-bond donors (Lipinski definition) is 1. The zero-order chi connectivity index (χ0) is 18.8. The summed E-state index contributed by atoms with van der Waals surface area (Å²) in [5.74, 6) is 3.12. The summed E-state index contributed by atoms with van der Waals surface area (Å²) < 4.78 is 7.60. The van der Waals surface area contributed by atoms with Crippen molar-refractivity contribution >= 4 is 23.9 Å². The van der Waals surface area contributed by atoms with Gasteiger partial charge in [0.1, 0.15) is 11.5 Å². The second-order valence-corrected chi connectivity index (χ2v) is 8.42. The largest absolute Gasteiger partial charge is 0.481 e. The Morgan fingerprint density at radius 1 is 1.37 bits per heavy atom. The second-order valence-electron chi connectivity index (χ2n) is 7.47. The Balaban J connectivity index is 1.56. The lowest BCUT2D eigenvalue weighted by Gasteiger charge is -2.20. The van der Waals surface area contributed by atoms with Crippen molar-refractivity contribution in [1.29, 1.82) is 0 Å². The molecule has 2 aromatic heterocycles. The second kappa shape index (κ2) is 7.88. The number of aromatic nitrogens is 3. The van der Waals surface area contributed by atoms with Gasteiger partial charge in [0.2, 0.25) is 5.16 Å². The summed E-state index contributed by atoms with van der Waals surface area (Å²) in [6.07, 6.45) is 8.61. The van der Waals surface area contributed by atoms with E-state index >= 15 is 0 Å². The summed E-state index contributed by atoms with van der Waals surface area (Å²) >= 11 is 1.14. The Morgan fingerprint density at radius 2 is 2.15 bits per heavy atom. The molecule has 2 saturated carbocycles. The minimum atomic E-state index is -0.882. The summed E-state index contributed by atoms with van der Waals surface area (Å²) in [6, 6.07) is 3.95.